The standard InChI is InChI=1S/C14H23NO3/c1-8(2)9(3)13(16)15-7-10-5-4-6-11(10)12(15)14(17)18/h8-12H,4-7H2,1-3H3,(H,17,18). The van der Waals surface area contributed by atoms with Gasteiger partial charge >= 0.3 is 5.97 Å². The first-order chi connectivity index (χ1) is 8.43. The van der Waals surface area contributed by atoms with Crippen LogP contribution in [0.25, 0.3) is 0 Å². The number of carboxylic acids is 1. The highest BCUT2D eigenvalue weighted by molar-refractivity contribution is 5.86. The highest BCUT2D eigenvalue weighted by Gasteiger charge is 2.50. The molecule has 1 aliphatic carbocycles. The Morgan fingerprint density at radius 1 is 1.22 bits per heavy atom. The van der Waals surface area contributed by atoms with E-state index in [2.05, 4.69) is 0 Å². The summed E-state index contributed by atoms with van der Waals surface area (Å²) in [5, 5.41) is 9.41. The Morgan fingerprint density at radius 2 is 1.89 bits per heavy atom. The molecule has 0 bridgehead atoms. The number of nitrogens with zero attached hydrogens (tertiary/aromatic N) is 1. The van der Waals surface area contributed by atoms with E-state index in [9.17, 15) is 14.7 Å². The van der Waals surface area contributed by atoms with Crippen molar-refractivity contribution in [1.29, 1.82) is 0 Å². The average Bonchev–Trinajstić information content (AvgIpc) is 2.85. The van der Waals surface area contributed by atoms with E-state index in [4.69, 9.17) is 0 Å². The highest BCUT2D eigenvalue weighted by Crippen LogP contribution is 2.42. The van der Waals surface area contributed by atoms with Gasteiger partial charge in [0.25, 0.3) is 0 Å². The molecule has 1 saturated heterocycles. The molecule has 1 N–H and O–H groups in total. The van der Waals surface area contributed by atoms with Crippen LogP contribution in [0.4, 0.5) is 0 Å². The average molecular weight is 253 g/mol. The summed E-state index contributed by atoms with van der Waals surface area (Å²) < 4.78 is 0. The van der Waals surface area contributed by atoms with E-state index in [1.807, 2.05) is 20.8 Å². The van der Waals surface area contributed by atoms with Crippen molar-refractivity contribution >= 4 is 11.9 Å². The molecule has 1 aliphatic heterocycles. The third-order valence-corrected chi connectivity index (χ3v) is 4.82. The van der Waals surface area contributed by atoms with Gasteiger partial charge in [0.2, 0.25) is 5.91 Å². The van der Waals surface area contributed by atoms with Crippen LogP contribution in [0.15, 0.2) is 0 Å². The van der Waals surface area contributed by atoms with Gasteiger partial charge in [-0.15, -0.1) is 0 Å². The van der Waals surface area contributed by atoms with E-state index in [0.717, 1.165) is 19.3 Å². The lowest BCUT2D eigenvalue weighted by Crippen LogP contribution is -2.46. The summed E-state index contributed by atoms with van der Waals surface area (Å²) in [6, 6.07) is -0.578. The van der Waals surface area contributed by atoms with Crippen molar-refractivity contribution in [1.82, 2.24) is 4.90 Å². The molecule has 4 unspecified atom stereocenters. The predicted molar refractivity (Wildman–Crippen MR) is 68.0 cm³/mol. The summed E-state index contributed by atoms with van der Waals surface area (Å²) in [4.78, 5) is 25.5. The van der Waals surface area contributed by atoms with Crippen LogP contribution in [0.2, 0.25) is 0 Å². The van der Waals surface area contributed by atoms with Crippen molar-refractivity contribution in [2.45, 2.75) is 46.1 Å². The number of hydrogen-bond acceptors (Lipinski definition) is 2. The quantitative estimate of drug-likeness (QED) is 0.836. The Labute approximate surface area is 108 Å². The molecular formula is C14H23NO3. The second-order valence-corrected chi connectivity index (χ2v) is 6.16. The van der Waals surface area contributed by atoms with E-state index in [0.29, 0.717) is 12.5 Å². The molecule has 18 heavy (non-hydrogen) atoms. The third-order valence-electron chi connectivity index (χ3n) is 4.82. The van der Waals surface area contributed by atoms with E-state index in [1.165, 1.54) is 0 Å². The molecule has 0 aromatic carbocycles. The smallest absolute Gasteiger partial charge is 0.326 e. The Morgan fingerprint density at radius 3 is 2.44 bits per heavy atom. The Bertz CT molecular complexity index is 353. The van der Waals surface area contributed by atoms with Crippen molar-refractivity contribution in [3.63, 3.8) is 0 Å². The second-order valence-electron chi connectivity index (χ2n) is 6.16. The Hall–Kier alpha value is -1.06. The first-order valence-electron chi connectivity index (χ1n) is 6.96. The van der Waals surface area contributed by atoms with Crippen LogP contribution in [0.3, 0.4) is 0 Å². The van der Waals surface area contributed by atoms with Gasteiger partial charge in [0.1, 0.15) is 6.04 Å². The minimum Gasteiger partial charge on any atom is -0.480 e. The van der Waals surface area contributed by atoms with Crippen LogP contribution in [0.5, 0.6) is 0 Å². The van der Waals surface area contributed by atoms with Crippen molar-refractivity contribution < 1.29 is 14.7 Å². The van der Waals surface area contributed by atoms with E-state index in [1.54, 1.807) is 4.90 Å². The van der Waals surface area contributed by atoms with E-state index in [-0.39, 0.29) is 23.7 Å². The fourth-order valence-corrected chi connectivity index (χ4v) is 3.40. The Balaban J connectivity index is 2.17. The molecule has 2 fully saturated rings. The predicted octanol–water partition coefficient (Wildman–Crippen LogP) is 1.99. The van der Waals surface area contributed by atoms with Gasteiger partial charge in [0.05, 0.1) is 0 Å². The lowest BCUT2D eigenvalue weighted by Gasteiger charge is -2.28. The molecule has 0 radical (unpaired) electrons. The van der Waals surface area contributed by atoms with Gasteiger partial charge in [0, 0.05) is 12.5 Å². The number of aliphatic carboxylic acids is 1. The summed E-state index contributed by atoms with van der Waals surface area (Å²) in [5.74, 6) is -0.0428. The molecule has 2 aliphatic rings. The number of likely N-dealkylation sites (tertiary alicyclic amines) is 1. The highest BCUT2D eigenvalue weighted by atomic mass is 16.4. The molecule has 2 rings (SSSR count). The van der Waals surface area contributed by atoms with Crippen LogP contribution in [0, 0.1) is 23.7 Å². The molecule has 4 nitrogen and oxygen atoms in total. The fraction of sp³-hybridized carbons (Fsp3) is 0.857. The molecule has 1 heterocycles. The van der Waals surface area contributed by atoms with Gasteiger partial charge in [-0.2, -0.15) is 0 Å². The molecule has 102 valence electrons. The van der Waals surface area contributed by atoms with Gasteiger partial charge in [-0.3, -0.25) is 4.79 Å². The molecule has 0 spiro atoms. The number of rotatable bonds is 3. The maximum Gasteiger partial charge on any atom is 0.326 e. The topological polar surface area (TPSA) is 57.6 Å². The molecule has 4 atom stereocenters. The summed E-state index contributed by atoms with van der Waals surface area (Å²) in [6.45, 7) is 6.57. The number of carboxylic acid groups (broad SMARTS) is 1. The molecular weight excluding hydrogens is 230 g/mol. The SMILES string of the molecule is CC(C)C(C)C(=O)N1CC2CCCC2C1C(=O)O. The van der Waals surface area contributed by atoms with Crippen LogP contribution in [-0.2, 0) is 9.59 Å². The molecule has 0 aromatic rings. The lowest BCUT2D eigenvalue weighted by atomic mass is 9.93. The van der Waals surface area contributed by atoms with Gasteiger partial charge in [0.15, 0.2) is 0 Å². The first kappa shape index (κ1) is 13.4. The van der Waals surface area contributed by atoms with Crippen molar-refractivity contribution in [2.75, 3.05) is 6.54 Å². The van der Waals surface area contributed by atoms with Crippen LogP contribution in [-0.4, -0.2) is 34.5 Å². The number of hydrogen-bond donors (Lipinski definition) is 1. The maximum atomic E-state index is 12.4. The number of amides is 1. The number of carbonyl (C=O) groups is 2. The monoisotopic (exact) mass is 253 g/mol. The minimum atomic E-state index is -0.825. The summed E-state index contributed by atoms with van der Waals surface area (Å²) in [6.07, 6.45) is 3.15. The molecule has 0 aromatic heterocycles. The first-order valence-corrected chi connectivity index (χ1v) is 6.96. The molecule has 1 amide bonds. The zero-order chi connectivity index (χ0) is 13.4. The van der Waals surface area contributed by atoms with Crippen LogP contribution < -0.4 is 0 Å². The maximum absolute atomic E-state index is 12.4. The third kappa shape index (κ3) is 2.13. The van der Waals surface area contributed by atoms with Crippen molar-refractivity contribution in [2.24, 2.45) is 23.7 Å². The number of carbonyl (C=O) groups excluding carboxylic acids is 1. The van der Waals surface area contributed by atoms with E-state index < -0.39 is 12.0 Å². The largest absolute Gasteiger partial charge is 0.480 e. The fourth-order valence-electron chi connectivity index (χ4n) is 3.40. The zero-order valence-corrected chi connectivity index (χ0v) is 11.4. The van der Waals surface area contributed by atoms with Crippen molar-refractivity contribution in [3.8, 4) is 0 Å². The van der Waals surface area contributed by atoms with E-state index >= 15 is 0 Å². The normalized spacial score (nSPS) is 32.7. The molecule has 1 saturated carbocycles. The zero-order valence-electron chi connectivity index (χ0n) is 11.4. The number of fused-ring (bicyclic) bond motifs is 1. The lowest BCUT2D eigenvalue weighted by molar-refractivity contribution is -0.151. The van der Waals surface area contributed by atoms with Crippen LogP contribution >= 0.6 is 0 Å². The van der Waals surface area contributed by atoms with Gasteiger partial charge in [-0.25, -0.2) is 4.79 Å². The summed E-state index contributed by atoms with van der Waals surface area (Å²) in [7, 11) is 0. The molecule has 4 heteroatoms. The van der Waals surface area contributed by atoms with Gasteiger partial charge in [-0.1, -0.05) is 27.2 Å². The Kier molecular flexibility index (Phi) is 3.64. The van der Waals surface area contributed by atoms with Crippen LogP contribution in [0.1, 0.15) is 40.0 Å². The minimum absolute atomic E-state index is 0.0202. The van der Waals surface area contributed by atoms with Gasteiger partial charge in [-0.05, 0) is 30.6 Å². The van der Waals surface area contributed by atoms with Crippen molar-refractivity contribution in [3.05, 3.63) is 0 Å². The van der Waals surface area contributed by atoms with Gasteiger partial charge < -0.3 is 10.0 Å². The summed E-state index contributed by atoms with van der Waals surface area (Å²) >= 11 is 0. The summed E-state index contributed by atoms with van der Waals surface area (Å²) in [5.41, 5.74) is 0. The second kappa shape index (κ2) is 4.90.